The molecule has 3 aromatic carbocycles. The van der Waals surface area contributed by atoms with Gasteiger partial charge in [-0.1, -0.05) is 58.0 Å². The molecule has 6 nitrogen and oxygen atoms in total. The van der Waals surface area contributed by atoms with Gasteiger partial charge in [-0.15, -0.1) is 10.2 Å². The molecular weight excluding hydrogens is 488 g/mol. The number of hydrogen-bond donors (Lipinski definition) is 2. The molecule has 1 amide bonds. The van der Waals surface area contributed by atoms with E-state index < -0.39 is 0 Å². The number of halogens is 1. The Kier molecular flexibility index (Phi) is 6.62. The van der Waals surface area contributed by atoms with E-state index in [1.165, 1.54) is 11.8 Å². The Bertz CT molecular complexity index is 1270. The number of carbonyl (C=O) groups excluding carboxylic acids is 1. The summed E-state index contributed by atoms with van der Waals surface area (Å²) >= 11 is 4.74. The number of nitrogens with one attached hydrogen (secondary N) is 1. The highest BCUT2D eigenvalue weighted by atomic mass is 79.9. The second-order valence-corrected chi connectivity index (χ2v) is 9.08. The lowest BCUT2D eigenvalue weighted by Gasteiger charge is -2.12. The minimum absolute atomic E-state index is 0.0991. The fourth-order valence-corrected chi connectivity index (χ4v) is 4.35. The SMILES string of the molecule is Cc1cccc(NC(=O)CSc2nnc(-c3cc(Br)ccc3O)n2-c2ccccc2)c1C. The van der Waals surface area contributed by atoms with Gasteiger partial charge in [-0.05, 0) is 61.4 Å². The summed E-state index contributed by atoms with van der Waals surface area (Å²) < 4.78 is 2.66. The number of anilines is 1. The molecule has 0 atom stereocenters. The smallest absolute Gasteiger partial charge is 0.234 e. The highest BCUT2D eigenvalue weighted by molar-refractivity contribution is 9.10. The van der Waals surface area contributed by atoms with Crippen molar-refractivity contribution in [2.24, 2.45) is 0 Å². The van der Waals surface area contributed by atoms with E-state index in [2.05, 4.69) is 31.4 Å². The Morgan fingerprint density at radius 1 is 1.06 bits per heavy atom. The number of nitrogens with zero attached hydrogens (tertiary/aromatic N) is 3. The number of phenolic OH excluding ortho intramolecular Hbond substituents is 1. The van der Waals surface area contributed by atoms with E-state index in [0.717, 1.165) is 27.0 Å². The number of aryl methyl sites for hydroxylation is 1. The summed E-state index contributed by atoms with van der Waals surface area (Å²) in [6.07, 6.45) is 0. The van der Waals surface area contributed by atoms with Gasteiger partial charge in [-0.25, -0.2) is 0 Å². The van der Waals surface area contributed by atoms with Crippen LogP contribution in [0, 0.1) is 13.8 Å². The monoisotopic (exact) mass is 508 g/mol. The lowest BCUT2D eigenvalue weighted by molar-refractivity contribution is -0.113. The number of aromatic hydroxyl groups is 1. The van der Waals surface area contributed by atoms with Gasteiger partial charge in [0.15, 0.2) is 11.0 Å². The maximum Gasteiger partial charge on any atom is 0.234 e. The number of benzene rings is 3. The molecule has 2 N–H and O–H groups in total. The number of aromatic nitrogens is 3. The quantitative estimate of drug-likeness (QED) is 0.324. The van der Waals surface area contributed by atoms with Crippen molar-refractivity contribution >= 4 is 39.3 Å². The van der Waals surface area contributed by atoms with Gasteiger partial charge in [0.05, 0.1) is 11.3 Å². The summed E-state index contributed by atoms with van der Waals surface area (Å²) in [6, 6.07) is 20.6. The highest BCUT2D eigenvalue weighted by Crippen LogP contribution is 2.34. The molecule has 8 heteroatoms. The van der Waals surface area contributed by atoms with Gasteiger partial charge in [-0.2, -0.15) is 0 Å². The topological polar surface area (TPSA) is 80.0 Å². The van der Waals surface area contributed by atoms with E-state index >= 15 is 0 Å². The number of rotatable bonds is 6. The van der Waals surface area contributed by atoms with Crippen molar-refractivity contribution in [1.29, 1.82) is 0 Å². The number of amides is 1. The van der Waals surface area contributed by atoms with Crippen LogP contribution in [0.25, 0.3) is 17.1 Å². The third-order valence-corrected chi connectivity index (χ3v) is 6.48. The first kappa shape index (κ1) is 22.1. The molecule has 1 aromatic heterocycles. The van der Waals surface area contributed by atoms with E-state index in [4.69, 9.17) is 0 Å². The number of hydrogen-bond acceptors (Lipinski definition) is 5. The van der Waals surface area contributed by atoms with E-state index in [0.29, 0.717) is 16.5 Å². The summed E-state index contributed by atoms with van der Waals surface area (Å²) in [7, 11) is 0. The fourth-order valence-electron chi connectivity index (χ4n) is 3.24. The van der Waals surface area contributed by atoms with Gasteiger partial charge in [0.2, 0.25) is 5.91 Å². The molecule has 0 aliphatic rings. The van der Waals surface area contributed by atoms with Crippen LogP contribution in [-0.2, 0) is 4.79 Å². The average molecular weight is 509 g/mol. The van der Waals surface area contributed by atoms with Gasteiger partial charge in [0, 0.05) is 15.8 Å². The lowest BCUT2D eigenvalue weighted by atomic mass is 10.1. The van der Waals surface area contributed by atoms with Crippen LogP contribution in [-0.4, -0.2) is 31.5 Å². The predicted octanol–water partition coefficient (Wildman–Crippen LogP) is 5.75. The molecule has 0 radical (unpaired) electrons. The number of thioether (sulfide) groups is 1. The zero-order valence-corrected chi connectivity index (χ0v) is 19.9. The van der Waals surface area contributed by atoms with Crippen LogP contribution in [0.5, 0.6) is 5.75 Å². The second kappa shape index (κ2) is 9.58. The third-order valence-electron chi connectivity index (χ3n) is 5.06. The zero-order chi connectivity index (χ0) is 22.7. The van der Waals surface area contributed by atoms with E-state index in [1.807, 2.05) is 66.9 Å². The average Bonchev–Trinajstić information content (AvgIpc) is 3.21. The molecular formula is C24H21BrN4O2S. The molecule has 0 aliphatic carbocycles. The van der Waals surface area contributed by atoms with Crippen molar-refractivity contribution in [3.05, 3.63) is 82.3 Å². The van der Waals surface area contributed by atoms with Crippen LogP contribution in [0.3, 0.4) is 0 Å². The van der Waals surface area contributed by atoms with Crippen LogP contribution in [0.1, 0.15) is 11.1 Å². The van der Waals surface area contributed by atoms with Crippen molar-refractivity contribution < 1.29 is 9.90 Å². The van der Waals surface area contributed by atoms with E-state index in [1.54, 1.807) is 18.2 Å². The Labute approximate surface area is 198 Å². The Morgan fingerprint density at radius 3 is 2.62 bits per heavy atom. The first-order chi connectivity index (χ1) is 15.4. The third kappa shape index (κ3) is 4.71. The lowest BCUT2D eigenvalue weighted by Crippen LogP contribution is -2.15. The van der Waals surface area contributed by atoms with Gasteiger partial charge in [0.25, 0.3) is 0 Å². The normalized spacial score (nSPS) is 10.8. The summed E-state index contributed by atoms with van der Waals surface area (Å²) in [5, 5.41) is 22.6. The summed E-state index contributed by atoms with van der Waals surface area (Å²) in [4.78, 5) is 12.6. The first-order valence-corrected chi connectivity index (χ1v) is 11.7. The first-order valence-electron chi connectivity index (χ1n) is 9.92. The fraction of sp³-hybridized carbons (Fsp3) is 0.125. The highest BCUT2D eigenvalue weighted by Gasteiger charge is 2.20. The molecule has 4 rings (SSSR count). The van der Waals surface area contributed by atoms with Gasteiger partial charge >= 0.3 is 0 Å². The zero-order valence-electron chi connectivity index (χ0n) is 17.5. The summed E-state index contributed by atoms with van der Waals surface area (Å²) in [6.45, 7) is 4.00. The van der Waals surface area contributed by atoms with Gasteiger partial charge in [0.1, 0.15) is 5.75 Å². The van der Waals surface area contributed by atoms with Crippen molar-refractivity contribution in [2.45, 2.75) is 19.0 Å². The number of para-hydroxylation sites is 1. The van der Waals surface area contributed by atoms with Crippen LogP contribution in [0.2, 0.25) is 0 Å². The van der Waals surface area contributed by atoms with Crippen LogP contribution in [0.15, 0.2) is 76.4 Å². The second-order valence-electron chi connectivity index (χ2n) is 7.22. The van der Waals surface area contributed by atoms with Crippen LogP contribution >= 0.6 is 27.7 Å². The standard InChI is InChI=1S/C24H21BrN4O2S/c1-15-7-6-10-20(16(15)2)26-22(31)14-32-24-28-27-23(19-13-17(25)11-12-21(19)30)29(24)18-8-4-3-5-9-18/h3-13,30H,14H2,1-2H3,(H,26,31). The van der Waals surface area contributed by atoms with Crippen LogP contribution in [0.4, 0.5) is 5.69 Å². The Morgan fingerprint density at radius 2 is 1.84 bits per heavy atom. The van der Waals surface area contributed by atoms with E-state index in [-0.39, 0.29) is 17.4 Å². The van der Waals surface area contributed by atoms with Gasteiger partial charge < -0.3 is 10.4 Å². The molecule has 162 valence electrons. The molecule has 0 bridgehead atoms. The molecule has 32 heavy (non-hydrogen) atoms. The molecule has 4 aromatic rings. The molecule has 0 aliphatic heterocycles. The summed E-state index contributed by atoms with van der Waals surface area (Å²) in [5.41, 5.74) is 4.36. The number of phenols is 1. The largest absolute Gasteiger partial charge is 0.507 e. The maximum absolute atomic E-state index is 12.6. The Hall–Kier alpha value is -3.10. The minimum Gasteiger partial charge on any atom is -0.507 e. The molecule has 0 fully saturated rings. The van der Waals surface area contributed by atoms with Crippen molar-refractivity contribution in [3.8, 4) is 22.8 Å². The molecule has 0 saturated carbocycles. The molecule has 0 saturated heterocycles. The summed E-state index contributed by atoms with van der Waals surface area (Å²) in [5.74, 6) is 0.635. The minimum atomic E-state index is -0.127. The van der Waals surface area contributed by atoms with Crippen molar-refractivity contribution in [3.63, 3.8) is 0 Å². The molecule has 1 heterocycles. The van der Waals surface area contributed by atoms with Crippen LogP contribution < -0.4 is 5.32 Å². The molecule has 0 unspecified atom stereocenters. The molecule has 0 spiro atoms. The maximum atomic E-state index is 12.6. The van der Waals surface area contributed by atoms with Gasteiger partial charge in [-0.3, -0.25) is 9.36 Å². The Balaban J connectivity index is 1.63. The predicted molar refractivity (Wildman–Crippen MR) is 131 cm³/mol. The number of carbonyl (C=O) groups is 1. The van der Waals surface area contributed by atoms with Crippen molar-refractivity contribution in [1.82, 2.24) is 14.8 Å². The van der Waals surface area contributed by atoms with E-state index in [9.17, 15) is 9.90 Å². The van der Waals surface area contributed by atoms with Crippen molar-refractivity contribution in [2.75, 3.05) is 11.1 Å².